The molecule has 2 atom stereocenters. The van der Waals surface area contributed by atoms with Crippen LogP contribution in [0, 0.1) is 5.92 Å². The van der Waals surface area contributed by atoms with Crippen molar-refractivity contribution in [1.82, 2.24) is 5.32 Å². The standard InChI is InChI=1S/C22H28N2O2/c1-4-16-5-11-19(12-6-16)24-22(25)15(2)23-21(17-7-8-17)18-9-13-20(26-3)14-10-18/h5-6,9-15,17,21,23H,4,7-8H2,1-3H3,(H,24,25). The normalized spacial score (nSPS) is 16.0. The van der Waals surface area contributed by atoms with Gasteiger partial charge in [0.25, 0.3) is 0 Å². The molecule has 1 aliphatic rings. The van der Waals surface area contributed by atoms with Crippen LogP contribution in [0.3, 0.4) is 0 Å². The van der Waals surface area contributed by atoms with Gasteiger partial charge in [-0.3, -0.25) is 10.1 Å². The molecule has 0 aliphatic heterocycles. The molecule has 0 bridgehead atoms. The lowest BCUT2D eigenvalue weighted by molar-refractivity contribution is -0.118. The van der Waals surface area contributed by atoms with E-state index in [0.29, 0.717) is 5.92 Å². The van der Waals surface area contributed by atoms with Crippen LogP contribution in [0.1, 0.15) is 43.9 Å². The van der Waals surface area contributed by atoms with Gasteiger partial charge in [-0.25, -0.2) is 0 Å². The zero-order valence-corrected chi connectivity index (χ0v) is 15.8. The Labute approximate surface area is 156 Å². The van der Waals surface area contributed by atoms with E-state index in [0.717, 1.165) is 17.9 Å². The van der Waals surface area contributed by atoms with Crippen LogP contribution in [0.4, 0.5) is 5.69 Å². The Bertz CT molecular complexity index is 721. The summed E-state index contributed by atoms with van der Waals surface area (Å²) >= 11 is 0. The first-order valence-electron chi connectivity index (χ1n) is 9.40. The highest BCUT2D eigenvalue weighted by atomic mass is 16.5. The van der Waals surface area contributed by atoms with Gasteiger partial charge in [0, 0.05) is 11.7 Å². The molecule has 0 aromatic heterocycles. The Morgan fingerprint density at radius 3 is 2.31 bits per heavy atom. The van der Waals surface area contributed by atoms with E-state index in [-0.39, 0.29) is 18.0 Å². The van der Waals surface area contributed by atoms with Crippen molar-refractivity contribution < 1.29 is 9.53 Å². The van der Waals surface area contributed by atoms with E-state index in [1.165, 1.54) is 24.0 Å². The van der Waals surface area contributed by atoms with Crippen molar-refractivity contribution in [3.8, 4) is 5.75 Å². The van der Waals surface area contributed by atoms with E-state index < -0.39 is 0 Å². The Kier molecular flexibility index (Phi) is 5.94. The SMILES string of the molecule is CCc1ccc(NC(=O)C(C)NC(c2ccc(OC)cc2)C2CC2)cc1. The number of amides is 1. The van der Waals surface area contributed by atoms with E-state index in [1.807, 2.05) is 31.2 Å². The van der Waals surface area contributed by atoms with E-state index in [9.17, 15) is 4.79 Å². The number of carbonyl (C=O) groups excluding carboxylic acids is 1. The van der Waals surface area contributed by atoms with Crippen LogP contribution >= 0.6 is 0 Å². The average molecular weight is 352 g/mol. The van der Waals surface area contributed by atoms with Gasteiger partial charge in [0.05, 0.1) is 13.2 Å². The minimum atomic E-state index is -0.270. The molecular formula is C22H28N2O2. The molecule has 0 saturated heterocycles. The molecule has 2 aromatic carbocycles. The second-order valence-electron chi connectivity index (χ2n) is 7.02. The maximum Gasteiger partial charge on any atom is 0.241 e. The molecule has 2 aromatic rings. The monoisotopic (exact) mass is 352 g/mol. The molecule has 138 valence electrons. The summed E-state index contributed by atoms with van der Waals surface area (Å²) in [5, 5.41) is 6.53. The predicted octanol–water partition coefficient (Wildman–Crippen LogP) is 4.33. The summed E-state index contributed by atoms with van der Waals surface area (Å²) in [5.74, 6) is 1.44. The van der Waals surface area contributed by atoms with E-state index in [4.69, 9.17) is 4.74 Å². The average Bonchev–Trinajstić information content (AvgIpc) is 3.51. The van der Waals surface area contributed by atoms with Gasteiger partial charge in [-0.05, 0) is 67.5 Å². The summed E-state index contributed by atoms with van der Waals surface area (Å²) in [4.78, 5) is 12.6. The van der Waals surface area contributed by atoms with Gasteiger partial charge in [-0.2, -0.15) is 0 Å². The lowest BCUT2D eigenvalue weighted by atomic mass is 10.0. The molecule has 1 amide bonds. The zero-order valence-electron chi connectivity index (χ0n) is 15.8. The first-order chi connectivity index (χ1) is 12.6. The summed E-state index contributed by atoms with van der Waals surface area (Å²) in [6, 6.07) is 16.1. The highest BCUT2D eigenvalue weighted by Gasteiger charge is 2.34. The van der Waals surface area contributed by atoms with Crippen molar-refractivity contribution in [1.29, 1.82) is 0 Å². The first kappa shape index (κ1) is 18.5. The number of aryl methyl sites for hydroxylation is 1. The molecule has 1 aliphatic carbocycles. The van der Waals surface area contributed by atoms with Crippen molar-refractivity contribution in [2.45, 2.75) is 45.2 Å². The fraction of sp³-hybridized carbons (Fsp3) is 0.409. The summed E-state index contributed by atoms with van der Waals surface area (Å²) in [7, 11) is 1.67. The second kappa shape index (κ2) is 8.37. The van der Waals surface area contributed by atoms with Crippen molar-refractivity contribution >= 4 is 11.6 Å². The van der Waals surface area contributed by atoms with Gasteiger partial charge in [-0.1, -0.05) is 31.2 Å². The molecular weight excluding hydrogens is 324 g/mol. The molecule has 3 rings (SSSR count). The zero-order chi connectivity index (χ0) is 18.5. The maximum atomic E-state index is 12.6. The van der Waals surface area contributed by atoms with Crippen LogP contribution in [-0.2, 0) is 11.2 Å². The Morgan fingerprint density at radius 1 is 1.12 bits per heavy atom. The van der Waals surface area contributed by atoms with Crippen LogP contribution < -0.4 is 15.4 Å². The minimum Gasteiger partial charge on any atom is -0.497 e. The number of benzene rings is 2. The fourth-order valence-electron chi connectivity index (χ4n) is 3.16. The second-order valence-corrected chi connectivity index (χ2v) is 7.02. The number of nitrogens with one attached hydrogen (secondary N) is 2. The highest BCUT2D eigenvalue weighted by molar-refractivity contribution is 5.94. The number of hydrogen-bond acceptors (Lipinski definition) is 3. The molecule has 1 saturated carbocycles. The molecule has 4 nitrogen and oxygen atoms in total. The van der Waals surface area contributed by atoms with Crippen molar-refractivity contribution in [3.05, 3.63) is 59.7 Å². The van der Waals surface area contributed by atoms with Crippen LogP contribution in [0.2, 0.25) is 0 Å². The van der Waals surface area contributed by atoms with Crippen molar-refractivity contribution in [2.75, 3.05) is 12.4 Å². The van der Waals surface area contributed by atoms with Gasteiger partial charge < -0.3 is 10.1 Å². The Hall–Kier alpha value is -2.33. The number of anilines is 1. The van der Waals surface area contributed by atoms with Gasteiger partial charge in [0.2, 0.25) is 5.91 Å². The maximum absolute atomic E-state index is 12.6. The minimum absolute atomic E-state index is 0.00610. The lowest BCUT2D eigenvalue weighted by Crippen LogP contribution is -2.40. The van der Waals surface area contributed by atoms with Crippen LogP contribution in [0.5, 0.6) is 5.75 Å². The number of carbonyl (C=O) groups is 1. The summed E-state index contributed by atoms with van der Waals surface area (Å²) in [6.45, 7) is 4.05. The number of methoxy groups -OCH3 is 1. The summed E-state index contributed by atoms with van der Waals surface area (Å²) in [5.41, 5.74) is 3.32. The summed E-state index contributed by atoms with van der Waals surface area (Å²) < 4.78 is 5.24. The van der Waals surface area contributed by atoms with Gasteiger partial charge in [0.1, 0.15) is 5.75 Å². The lowest BCUT2D eigenvalue weighted by Gasteiger charge is -2.23. The quantitative estimate of drug-likeness (QED) is 0.744. The number of ether oxygens (including phenoxy) is 1. The third kappa shape index (κ3) is 4.64. The predicted molar refractivity (Wildman–Crippen MR) is 106 cm³/mol. The Morgan fingerprint density at radius 2 is 1.77 bits per heavy atom. The topological polar surface area (TPSA) is 50.4 Å². The van der Waals surface area contributed by atoms with E-state index >= 15 is 0 Å². The molecule has 2 unspecified atom stereocenters. The van der Waals surface area contributed by atoms with Crippen LogP contribution in [0.15, 0.2) is 48.5 Å². The molecule has 4 heteroatoms. The van der Waals surface area contributed by atoms with Crippen molar-refractivity contribution in [3.63, 3.8) is 0 Å². The van der Waals surface area contributed by atoms with E-state index in [1.54, 1.807) is 7.11 Å². The third-order valence-electron chi connectivity index (χ3n) is 5.02. The summed E-state index contributed by atoms with van der Waals surface area (Å²) in [6.07, 6.45) is 3.41. The number of rotatable bonds is 8. The van der Waals surface area contributed by atoms with Crippen molar-refractivity contribution in [2.24, 2.45) is 5.92 Å². The Balaban J connectivity index is 1.63. The molecule has 1 fully saturated rings. The van der Waals surface area contributed by atoms with Crippen LogP contribution in [0.25, 0.3) is 0 Å². The molecule has 0 spiro atoms. The molecule has 0 heterocycles. The molecule has 26 heavy (non-hydrogen) atoms. The largest absolute Gasteiger partial charge is 0.497 e. The molecule has 2 N–H and O–H groups in total. The third-order valence-corrected chi connectivity index (χ3v) is 5.02. The van der Waals surface area contributed by atoms with E-state index in [2.05, 4.69) is 41.8 Å². The van der Waals surface area contributed by atoms with Gasteiger partial charge in [-0.15, -0.1) is 0 Å². The first-order valence-corrected chi connectivity index (χ1v) is 9.40. The van der Waals surface area contributed by atoms with Gasteiger partial charge in [0.15, 0.2) is 0 Å². The van der Waals surface area contributed by atoms with Crippen LogP contribution in [-0.4, -0.2) is 19.1 Å². The number of hydrogen-bond donors (Lipinski definition) is 2. The smallest absolute Gasteiger partial charge is 0.241 e. The fourth-order valence-corrected chi connectivity index (χ4v) is 3.16. The van der Waals surface area contributed by atoms with Gasteiger partial charge >= 0.3 is 0 Å². The highest BCUT2D eigenvalue weighted by Crippen LogP contribution is 2.41. The molecule has 0 radical (unpaired) electrons.